The SMILES string of the molecule is CCCNC(=O)[C@@H](C)NC(=O)/C=C/c1cc(Cl)c2c(c1)OCO2. The first-order valence-electron chi connectivity index (χ1n) is 7.36. The molecule has 1 aromatic carbocycles. The Morgan fingerprint density at radius 3 is 2.91 bits per heavy atom. The minimum Gasteiger partial charge on any atom is -0.454 e. The van der Waals surface area contributed by atoms with Crippen LogP contribution in [-0.4, -0.2) is 31.2 Å². The Bertz CT molecular complexity index is 631. The topological polar surface area (TPSA) is 76.7 Å². The van der Waals surface area contributed by atoms with Crippen molar-refractivity contribution in [2.24, 2.45) is 0 Å². The fourth-order valence-corrected chi connectivity index (χ4v) is 2.26. The Morgan fingerprint density at radius 2 is 2.17 bits per heavy atom. The van der Waals surface area contributed by atoms with Crippen LogP contribution in [0.2, 0.25) is 5.02 Å². The van der Waals surface area contributed by atoms with E-state index in [1.807, 2.05) is 6.92 Å². The van der Waals surface area contributed by atoms with Crippen LogP contribution in [0.3, 0.4) is 0 Å². The molecule has 1 atom stereocenters. The summed E-state index contributed by atoms with van der Waals surface area (Å²) in [6.45, 7) is 4.31. The van der Waals surface area contributed by atoms with Crippen molar-refractivity contribution in [1.82, 2.24) is 10.6 Å². The summed E-state index contributed by atoms with van der Waals surface area (Å²) in [6.07, 6.45) is 3.79. The summed E-state index contributed by atoms with van der Waals surface area (Å²) in [6, 6.07) is 2.81. The van der Waals surface area contributed by atoms with Crippen molar-refractivity contribution in [2.75, 3.05) is 13.3 Å². The number of carbonyl (C=O) groups is 2. The minimum absolute atomic E-state index is 0.132. The number of halogens is 1. The number of rotatable bonds is 6. The average Bonchev–Trinajstić information content (AvgIpc) is 2.99. The van der Waals surface area contributed by atoms with Crippen molar-refractivity contribution < 1.29 is 19.1 Å². The number of fused-ring (bicyclic) bond motifs is 1. The Labute approximate surface area is 139 Å². The van der Waals surface area contributed by atoms with Crippen LogP contribution in [-0.2, 0) is 9.59 Å². The predicted molar refractivity (Wildman–Crippen MR) is 87.5 cm³/mol. The van der Waals surface area contributed by atoms with Gasteiger partial charge < -0.3 is 20.1 Å². The molecule has 0 spiro atoms. The molecule has 6 nitrogen and oxygen atoms in total. The van der Waals surface area contributed by atoms with Gasteiger partial charge in [-0.05, 0) is 37.1 Å². The summed E-state index contributed by atoms with van der Waals surface area (Å²) < 4.78 is 10.5. The predicted octanol–water partition coefficient (Wildman–Crippen LogP) is 2.11. The first-order valence-corrected chi connectivity index (χ1v) is 7.74. The zero-order valence-electron chi connectivity index (χ0n) is 13.0. The zero-order valence-corrected chi connectivity index (χ0v) is 13.8. The second kappa shape index (κ2) is 7.87. The van der Waals surface area contributed by atoms with Crippen molar-refractivity contribution in [1.29, 1.82) is 0 Å². The molecular formula is C16H19ClN2O4. The lowest BCUT2D eigenvalue weighted by atomic mass is 10.2. The van der Waals surface area contributed by atoms with Crippen LogP contribution >= 0.6 is 11.6 Å². The number of hydrogen-bond donors (Lipinski definition) is 2. The number of ether oxygens (including phenoxy) is 2. The average molecular weight is 339 g/mol. The number of benzene rings is 1. The molecule has 0 fully saturated rings. The van der Waals surface area contributed by atoms with Crippen molar-refractivity contribution in [2.45, 2.75) is 26.3 Å². The number of hydrogen-bond acceptors (Lipinski definition) is 4. The first-order chi connectivity index (χ1) is 11.0. The van der Waals surface area contributed by atoms with Gasteiger partial charge in [-0.25, -0.2) is 0 Å². The normalized spacial score (nSPS) is 13.9. The molecule has 124 valence electrons. The molecule has 0 radical (unpaired) electrons. The van der Waals surface area contributed by atoms with E-state index in [0.717, 1.165) is 6.42 Å². The Kier molecular flexibility index (Phi) is 5.87. The van der Waals surface area contributed by atoms with Crippen molar-refractivity contribution >= 4 is 29.5 Å². The van der Waals surface area contributed by atoms with Crippen LogP contribution < -0.4 is 20.1 Å². The summed E-state index contributed by atoms with van der Waals surface area (Å²) in [5.74, 6) is 0.483. The summed E-state index contributed by atoms with van der Waals surface area (Å²) in [4.78, 5) is 23.5. The van der Waals surface area contributed by atoms with Gasteiger partial charge in [0.05, 0.1) is 5.02 Å². The van der Waals surface area contributed by atoms with E-state index < -0.39 is 6.04 Å². The summed E-state index contributed by atoms with van der Waals surface area (Å²) >= 11 is 6.07. The number of nitrogens with one attached hydrogen (secondary N) is 2. The molecule has 2 amide bonds. The van der Waals surface area contributed by atoms with Gasteiger partial charge in [0.1, 0.15) is 6.04 Å². The van der Waals surface area contributed by atoms with E-state index in [9.17, 15) is 9.59 Å². The number of amides is 2. The molecule has 7 heteroatoms. The highest BCUT2D eigenvalue weighted by molar-refractivity contribution is 6.32. The van der Waals surface area contributed by atoms with Crippen molar-refractivity contribution in [3.63, 3.8) is 0 Å². The fraction of sp³-hybridized carbons (Fsp3) is 0.375. The molecule has 1 aliphatic heterocycles. The molecule has 0 saturated carbocycles. The maximum atomic E-state index is 11.9. The molecule has 23 heavy (non-hydrogen) atoms. The molecule has 1 aliphatic rings. The smallest absolute Gasteiger partial charge is 0.244 e. The largest absolute Gasteiger partial charge is 0.454 e. The number of carbonyl (C=O) groups excluding carboxylic acids is 2. The van der Waals surface area contributed by atoms with Gasteiger partial charge in [-0.2, -0.15) is 0 Å². The lowest BCUT2D eigenvalue weighted by molar-refractivity contribution is -0.126. The molecule has 0 aliphatic carbocycles. The standard InChI is InChI=1S/C16H19ClN2O4/c1-3-6-18-16(21)10(2)19-14(20)5-4-11-7-12(17)15-13(8-11)22-9-23-15/h4-5,7-8,10H,3,6,9H2,1-2H3,(H,18,21)(H,19,20)/b5-4+/t10-/m1/s1. The van der Waals surface area contributed by atoms with Crippen LogP contribution in [0, 0.1) is 0 Å². The van der Waals surface area contributed by atoms with Gasteiger partial charge in [-0.15, -0.1) is 0 Å². The highest BCUT2D eigenvalue weighted by atomic mass is 35.5. The molecule has 0 bridgehead atoms. The van der Waals surface area contributed by atoms with Crippen LogP contribution in [0.1, 0.15) is 25.8 Å². The molecule has 2 rings (SSSR count). The molecule has 2 N–H and O–H groups in total. The third kappa shape index (κ3) is 4.63. The summed E-state index contributed by atoms with van der Waals surface area (Å²) in [5, 5.41) is 5.74. The zero-order chi connectivity index (χ0) is 16.8. The van der Waals surface area contributed by atoms with Gasteiger partial charge in [0, 0.05) is 12.6 Å². The maximum absolute atomic E-state index is 11.9. The Balaban J connectivity index is 1.94. The van der Waals surface area contributed by atoms with Crippen molar-refractivity contribution in [3.8, 4) is 11.5 Å². The first kappa shape index (κ1) is 17.1. The van der Waals surface area contributed by atoms with Gasteiger partial charge in [0.2, 0.25) is 18.6 Å². The van der Waals surface area contributed by atoms with Gasteiger partial charge in [-0.3, -0.25) is 9.59 Å². The van der Waals surface area contributed by atoms with Gasteiger partial charge >= 0.3 is 0 Å². The summed E-state index contributed by atoms with van der Waals surface area (Å²) in [7, 11) is 0. The van der Waals surface area contributed by atoms with E-state index in [4.69, 9.17) is 21.1 Å². The highest BCUT2D eigenvalue weighted by Gasteiger charge is 2.18. The quantitative estimate of drug-likeness (QED) is 0.779. The minimum atomic E-state index is -0.598. The van der Waals surface area contributed by atoms with Crippen LogP contribution in [0.5, 0.6) is 11.5 Å². The molecule has 0 aromatic heterocycles. The third-order valence-corrected chi connectivity index (χ3v) is 3.46. The lowest BCUT2D eigenvalue weighted by Gasteiger charge is -2.12. The summed E-state index contributed by atoms with van der Waals surface area (Å²) in [5.41, 5.74) is 0.706. The van der Waals surface area contributed by atoms with Crippen LogP contribution in [0.25, 0.3) is 6.08 Å². The van der Waals surface area contributed by atoms with Crippen LogP contribution in [0.15, 0.2) is 18.2 Å². The molecule has 0 saturated heterocycles. The van der Waals surface area contributed by atoms with Gasteiger partial charge in [0.15, 0.2) is 11.5 Å². The second-order valence-corrected chi connectivity index (χ2v) is 5.50. The highest BCUT2D eigenvalue weighted by Crippen LogP contribution is 2.39. The molecular weight excluding hydrogens is 320 g/mol. The third-order valence-electron chi connectivity index (χ3n) is 3.18. The second-order valence-electron chi connectivity index (χ2n) is 5.09. The molecule has 1 heterocycles. The van der Waals surface area contributed by atoms with E-state index in [-0.39, 0.29) is 18.6 Å². The molecule has 0 unspecified atom stereocenters. The van der Waals surface area contributed by atoms with E-state index in [2.05, 4.69) is 10.6 Å². The van der Waals surface area contributed by atoms with E-state index >= 15 is 0 Å². The van der Waals surface area contributed by atoms with E-state index in [1.165, 1.54) is 6.08 Å². The monoisotopic (exact) mass is 338 g/mol. The maximum Gasteiger partial charge on any atom is 0.244 e. The Hall–Kier alpha value is -2.21. The van der Waals surface area contributed by atoms with E-state index in [1.54, 1.807) is 25.1 Å². The Morgan fingerprint density at radius 1 is 1.39 bits per heavy atom. The van der Waals surface area contributed by atoms with E-state index in [0.29, 0.717) is 28.6 Å². The van der Waals surface area contributed by atoms with Crippen LogP contribution in [0.4, 0.5) is 0 Å². The van der Waals surface area contributed by atoms with Crippen molar-refractivity contribution in [3.05, 3.63) is 28.8 Å². The lowest BCUT2D eigenvalue weighted by Crippen LogP contribution is -2.44. The molecule has 1 aromatic rings. The van der Waals surface area contributed by atoms with Gasteiger partial charge in [-0.1, -0.05) is 18.5 Å². The van der Waals surface area contributed by atoms with Gasteiger partial charge in [0.25, 0.3) is 0 Å². The fourth-order valence-electron chi connectivity index (χ4n) is 1.98.